The molecule has 2 aliphatic rings. The minimum absolute atomic E-state index is 0.0466. The van der Waals surface area contributed by atoms with Gasteiger partial charge in [-0.15, -0.1) is 0 Å². The maximum Gasteiger partial charge on any atom is 0.416 e. The van der Waals surface area contributed by atoms with Crippen LogP contribution in [0.5, 0.6) is 5.75 Å². The van der Waals surface area contributed by atoms with Gasteiger partial charge in [0.05, 0.1) is 24.8 Å². The highest BCUT2D eigenvalue weighted by Gasteiger charge is 2.55. The first-order valence-electron chi connectivity index (χ1n) is 10.8. The first kappa shape index (κ1) is 26.7. The molecule has 0 saturated carbocycles. The van der Waals surface area contributed by atoms with E-state index in [0.29, 0.717) is 17.0 Å². The van der Waals surface area contributed by atoms with Crippen molar-refractivity contribution >= 4 is 35.1 Å². The predicted molar refractivity (Wildman–Crippen MR) is 119 cm³/mol. The highest BCUT2D eigenvalue weighted by atomic mass is 35.5. The number of hydrogen-bond donors (Lipinski definition) is 0. The third kappa shape index (κ3) is 4.82. The van der Waals surface area contributed by atoms with Gasteiger partial charge < -0.3 is 18.9 Å². The Morgan fingerprint density at radius 2 is 1.84 bits per heavy atom. The molecule has 1 amide bonds. The normalized spacial score (nSPS) is 22.6. The summed E-state index contributed by atoms with van der Waals surface area (Å²) in [5.41, 5.74) is -5.39. The van der Waals surface area contributed by atoms with Gasteiger partial charge in [0, 0.05) is 30.0 Å². The quantitative estimate of drug-likeness (QED) is 0.390. The number of rotatable bonds is 6. The van der Waals surface area contributed by atoms with E-state index in [2.05, 4.69) is 0 Å². The zero-order valence-corrected chi connectivity index (χ0v) is 20.4. The molecule has 13 heteroatoms. The average molecular weight is 546 g/mol. The third-order valence-electron chi connectivity index (χ3n) is 5.80. The maximum atomic E-state index is 16.7. The van der Waals surface area contributed by atoms with Gasteiger partial charge in [0.2, 0.25) is 11.5 Å². The van der Waals surface area contributed by atoms with Gasteiger partial charge in [-0.3, -0.25) is 14.5 Å². The molecular weight excluding hydrogens is 526 g/mol. The molecule has 2 aliphatic heterocycles. The molecule has 0 unspecified atom stereocenters. The van der Waals surface area contributed by atoms with Crippen LogP contribution < -0.4 is 9.64 Å². The van der Waals surface area contributed by atoms with Crippen LogP contribution in [-0.4, -0.2) is 43.6 Å². The van der Waals surface area contributed by atoms with Crippen LogP contribution in [0.25, 0.3) is 0 Å². The molecule has 2 aromatic carbocycles. The van der Waals surface area contributed by atoms with E-state index >= 15 is 4.39 Å². The van der Waals surface area contributed by atoms with Crippen LogP contribution in [0.3, 0.4) is 0 Å². The number of carbonyl (C=O) groups is 3. The molecule has 1 fully saturated rings. The molecule has 8 nitrogen and oxygen atoms in total. The number of methoxy groups -OCH3 is 1. The van der Waals surface area contributed by atoms with Gasteiger partial charge in [-0.25, -0.2) is 9.18 Å². The number of esters is 2. The molecule has 0 bridgehead atoms. The van der Waals surface area contributed by atoms with Gasteiger partial charge >= 0.3 is 18.1 Å². The minimum atomic E-state index is -4.80. The topological polar surface area (TPSA) is 91.4 Å². The van der Waals surface area contributed by atoms with Crippen molar-refractivity contribution in [1.29, 1.82) is 0 Å². The molecule has 0 aliphatic carbocycles. The monoisotopic (exact) mass is 545 g/mol. The molecule has 1 saturated heterocycles. The Morgan fingerprint density at radius 1 is 1.14 bits per heavy atom. The summed E-state index contributed by atoms with van der Waals surface area (Å²) < 4.78 is 77.4. The Kier molecular flexibility index (Phi) is 6.62. The molecule has 0 spiro atoms. The number of ether oxygens (including phenoxy) is 4. The van der Waals surface area contributed by atoms with E-state index in [0.717, 1.165) is 12.1 Å². The standard InChI is InChI=1S/C24H20ClF4NO7/c1-22(2)36-18(20(32)37-22)10-19(31)35-11-30-16-8-12(24(27,28)29)4-6-14(16)23(26,21(30)33)15-9-13(25)5-7-17(15)34-3/h4-9,18H,10-11H2,1-3H3/t18-,23-/m0/s1. The van der Waals surface area contributed by atoms with Crippen molar-refractivity contribution in [3.05, 3.63) is 58.1 Å². The van der Waals surface area contributed by atoms with E-state index in [-0.39, 0.29) is 16.3 Å². The van der Waals surface area contributed by atoms with Gasteiger partial charge in [0.25, 0.3) is 5.91 Å². The fourth-order valence-electron chi connectivity index (χ4n) is 4.17. The van der Waals surface area contributed by atoms with Gasteiger partial charge in [0.15, 0.2) is 12.8 Å². The molecule has 198 valence electrons. The lowest BCUT2D eigenvalue weighted by atomic mass is 9.88. The number of amides is 1. The van der Waals surface area contributed by atoms with Crippen LogP contribution in [0.15, 0.2) is 36.4 Å². The Bertz CT molecular complexity index is 1280. The van der Waals surface area contributed by atoms with Gasteiger partial charge in [0.1, 0.15) is 5.75 Å². The van der Waals surface area contributed by atoms with Crippen LogP contribution in [0.4, 0.5) is 23.2 Å². The summed E-state index contributed by atoms with van der Waals surface area (Å²) in [6.45, 7) is 1.98. The summed E-state index contributed by atoms with van der Waals surface area (Å²) in [6.07, 6.45) is -6.68. The number of fused-ring (bicyclic) bond motifs is 1. The van der Waals surface area contributed by atoms with Crippen LogP contribution in [0.1, 0.15) is 37.0 Å². The molecule has 4 rings (SSSR count). The summed E-state index contributed by atoms with van der Waals surface area (Å²) in [4.78, 5) is 38.2. The summed E-state index contributed by atoms with van der Waals surface area (Å²) in [7, 11) is 1.22. The highest BCUT2D eigenvalue weighted by Crippen LogP contribution is 2.51. The van der Waals surface area contributed by atoms with Gasteiger partial charge in [-0.2, -0.15) is 13.2 Å². The van der Waals surface area contributed by atoms with E-state index in [1.807, 2.05) is 0 Å². The average Bonchev–Trinajstić information content (AvgIpc) is 3.19. The summed E-state index contributed by atoms with van der Waals surface area (Å²) in [5.74, 6) is -4.51. The van der Waals surface area contributed by atoms with E-state index in [1.165, 1.54) is 33.1 Å². The molecule has 2 atom stereocenters. The lowest BCUT2D eigenvalue weighted by Crippen LogP contribution is -2.40. The number of carbonyl (C=O) groups excluding carboxylic acids is 3. The number of anilines is 1. The number of alkyl halides is 4. The van der Waals surface area contributed by atoms with E-state index in [1.54, 1.807) is 0 Å². The van der Waals surface area contributed by atoms with Crippen LogP contribution in [-0.2, 0) is 40.4 Å². The molecular formula is C24H20ClF4NO7. The van der Waals surface area contributed by atoms with Crippen molar-refractivity contribution < 1.29 is 50.9 Å². The number of nitrogens with zero attached hydrogens (tertiary/aromatic N) is 1. The predicted octanol–water partition coefficient (Wildman–Crippen LogP) is 4.50. The summed E-state index contributed by atoms with van der Waals surface area (Å²) in [6, 6.07) is 5.87. The van der Waals surface area contributed by atoms with E-state index in [4.69, 9.17) is 30.5 Å². The highest BCUT2D eigenvalue weighted by molar-refractivity contribution is 6.30. The fourth-order valence-corrected chi connectivity index (χ4v) is 4.34. The fraction of sp³-hybridized carbons (Fsp3) is 0.375. The second kappa shape index (κ2) is 9.18. The van der Waals surface area contributed by atoms with Crippen molar-refractivity contribution in [3.63, 3.8) is 0 Å². The first-order chi connectivity index (χ1) is 17.2. The van der Waals surface area contributed by atoms with Gasteiger partial charge in [-0.1, -0.05) is 17.7 Å². The second-order valence-electron chi connectivity index (χ2n) is 8.74. The van der Waals surface area contributed by atoms with Crippen molar-refractivity contribution in [1.82, 2.24) is 0 Å². The summed E-state index contributed by atoms with van der Waals surface area (Å²) in [5, 5.41) is 0.0466. The largest absolute Gasteiger partial charge is 0.496 e. The lowest BCUT2D eigenvalue weighted by molar-refractivity contribution is -0.161. The van der Waals surface area contributed by atoms with Crippen LogP contribution in [0, 0.1) is 0 Å². The Balaban J connectivity index is 1.68. The molecule has 2 heterocycles. The summed E-state index contributed by atoms with van der Waals surface area (Å²) >= 11 is 6.01. The second-order valence-corrected chi connectivity index (χ2v) is 9.18. The van der Waals surface area contributed by atoms with Crippen LogP contribution >= 0.6 is 11.6 Å². The molecule has 0 radical (unpaired) electrons. The van der Waals surface area contributed by atoms with E-state index < -0.39 is 71.5 Å². The third-order valence-corrected chi connectivity index (χ3v) is 6.04. The maximum absolute atomic E-state index is 16.7. The van der Waals surface area contributed by atoms with Crippen molar-refractivity contribution in [3.8, 4) is 5.75 Å². The SMILES string of the molecule is COc1ccc(Cl)cc1[C@]1(F)C(=O)N(COC(=O)C[C@@H]2OC(C)(C)OC2=O)c2cc(C(F)(F)F)ccc21. The number of halogens is 5. The Hall–Kier alpha value is -3.38. The lowest BCUT2D eigenvalue weighted by Gasteiger charge is -2.23. The first-order valence-corrected chi connectivity index (χ1v) is 11.2. The van der Waals surface area contributed by atoms with Crippen LogP contribution in [0.2, 0.25) is 5.02 Å². The number of benzene rings is 2. The van der Waals surface area contributed by atoms with E-state index in [9.17, 15) is 27.6 Å². The smallest absolute Gasteiger partial charge is 0.416 e. The van der Waals surface area contributed by atoms with Crippen molar-refractivity contribution in [2.45, 2.75) is 44.0 Å². The number of hydrogen-bond acceptors (Lipinski definition) is 7. The Morgan fingerprint density at radius 3 is 2.43 bits per heavy atom. The minimum Gasteiger partial charge on any atom is -0.496 e. The number of cyclic esters (lactones) is 1. The molecule has 0 aromatic heterocycles. The van der Waals surface area contributed by atoms with Gasteiger partial charge in [-0.05, 0) is 30.3 Å². The van der Waals surface area contributed by atoms with Crippen molar-refractivity contribution in [2.24, 2.45) is 0 Å². The molecule has 0 N–H and O–H groups in total. The molecule has 2 aromatic rings. The molecule has 37 heavy (non-hydrogen) atoms. The zero-order valence-electron chi connectivity index (χ0n) is 19.7. The van der Waals surface area contributed by atoms with Crippen molar-refractivity contribution in [2.75, 3.05) is 18.7 Å². The Labute approximate surface area is 213 Å². The zero-order chi connectivity index (χ0) is 27.3.